The van der Waals surface area contributed by atoms with Crippen molar-refractivity contribution in [1.29, 1.82) is 0 Å². The van der Waals surface area contributed by atoms with E-state index in [1.165, 1.54) is 6.20 Å². The number of carboxylic acids is 1. The molecule has 0 atom stereocenters. The molecule has 1 heterocycles. The normalized spacial score (nSPS) is 12.1. The third-order valence-electron chi connectivity index (χ3n) is 4.50. The van der Waals surface area contributed by atoms with Gasteiger partial charge in [-0.2, -0.15) is 0 Å². The Kier molecular flexibility index (Phi) is 4.25. The first-order valence-electron chi connectivity index (χ1n) is 8.30. The van der Waals surface area contributed by atoms with E-state index in [0.29, 0.717) is 0 Å². The summed E-state index contributed by atoms with van der Waals surface area (Å²) in [6.45, 7) is 0.135. The molecular weight excluding hydrogens is 346 g/mol. The number of amides is 1. The number of ether oxygens (including phenoxy) is 1. The standard InChI is InChI=1S/C20H15N3O4/c24-19(25)18-17(9-21-11-22-18)23-20(26)27-10-16-14-7-3-1-5-12(14)13-6-2-4-8-15(13)16/h1-9,11,16H,10H2,(H,23,26)(H,24,25). The average Bonchev–Trinajstić information content (AvgIpc) is 3.00. The van der Waals surface area contributed by atoms with Crippen LogP contribution in [0.1, 0.15) is 27.5 Å². The van der Waals surface area contributed by atoms with Crippen molar-refractivity contribution in [3.05, 3.63) is 77.9 Å². The number of nitrogens with zero attached hydrogens (tertiary/aromatic N) is 2. The van der Waals surface area contributed by atoms with Crippen molar-refractivity contribution in [2.45, 2.75) is 5.92 Å². The summed E-state index contributed by atoms with van der Waals surface area (Å²) in [6, 6.07) is 16.0. The Morgan fingerprint density at radius 3 is 2.30 bits per heavy atom. The van der Waals surface area contributed by atoms with E-state index in [9.17, 15) is 9.59 Å². The molecule has 2 aromatic carbocycles. The SMILES string of the molecule is O=C(Nc1cncnc1C(=O)O)OCC1c2ccccc2-c2ccccc21. The zero-order valence-corrected chi connectivity index (χ0v) is 14.1. The third-order valence-corrected chi connectivity index (χ3v) is 4.50. The topological polar surface area (TPSA) is 101 Å². The molecule has 0 aliphatic heterocycles. The number of nitrogens with one attached hydrogen (secondary N) is 1. The number of hydrogen-bond donors (Lipinski definition) is 2. The minimum absolute atomic E-state index is 0.0118. The fraction of sp³-hybridized carbons (Fsp3) is 0.100. The van der Waals surface area contributed by atoms with E-state index in [2.05, 4.69) is 27.4 Å². The van der Waals surface area contributed by atoms with Gasteiger partial charge in [0.1, 0.15) is 12.9 Å². The molecule has 0 fully saturated rings. The maximum absolute atomic E-state index is 12.2. The Morgan fingerprint density at radius 1 is 1.04 bits per heavy atom. The molecule has 7 heteroatoms. The number of aromatic carboxylic acids is 1. The molecule has 134 valence electrons. The summed E-state index contributed by atoms with van der Waals surface area (Å²) >= 11 is 0. The Bertz CT molecular complexity index is 989. The van der Waals surface area contributed by atoms with Gasteiger partial charge in [0.15, 0.2) is 5.69 Å². The summed E-state index contributed by atoms with van der Waals surface area (Å²) in [5.41, 5.74) is 4.15. The van der Waals surface area contributed by atoms with Crippen LogP contribution in [0, 0.1) is 0 Å². The molecule has 7 nitrogen and oxygen atoms in total. The van der Waals surface area contributed by atoms with E-state index in [1.54, 1.807) is 0 Å². The highest BCUT2D eigenvalue weighted by Gasteiger charge is 2.29. The van der Waals surface area contributed by atoms with E-state index in [-0.39, 0.29) is 23.9 Å². The second-order valence-corrected chi connectivity index (χ2v) is 6.04. The molecule has 0 saturated heterocycles. The van der Waals surface area contributed by atoms with Gasteiger partial charge >= 0.3 is 12.1 Å². The molecule has 0 spiro atoms. The molecule has 1 aliphatic carbocycles. The number of benzene rings is 2. The second kappa shape index (κ2) is 6.87. The highest BCUT2D eigenvalue weighted by Crippen LogP contribution is 2.44. The fourth-order valence-electron chi connectivity index (χ4n) is 3.34. The van der Waals surface area contributed by atoms with Gasteiger partial charge in [-0.25, -0.2) is 19.6 Å². The summed E-state index contributed by atoms with van der Waals surface area (Å²) in [5.74, 6) is -1.33. The van der Waals surface area contributed by atoms with Crippen molar-refractivity contribution >= 4 is 17.7 Å². The molecule has 4 rings (SSSR count). The maximum atomic E-state index is 12.2. The molecule has 27 heavy (non-hydrogen) atoms. The van der Waals surface area contributed by atoms with Crippen LogP contribution in [0.2, 0.25) is 0 Å². The van der Waals surface area contributed by atoms with E-state index >= 15 is 0 Å². The van der Waals surface area contributed by atoms with Gasteiger partial charge in [-0.15, -0.1) is 0 Å². The van der Waals surface area contributed by atoms with Crippen molar-refractivity contribution < 1.29 is 19.4 Å². The van der Waals surface area contributed by atoms with E-state index in [1.807, 2.05) is 36.4 Å². The van der Waals surface area contributed by atoms with Crippen molar-refractivity contribution in [3.63, 3.8) is 0 Å². The van der Waals surface area contributed by atoms with E-state index in [0.717, 1.165) is 28.6 Å². The number of rotatable bonds is 4. The highest BCUT2D eigenvalue weighted by molar-refractivity contribution is 5.96. The van der Waals surface area contributed by atoms with E-state index in [4.69, 9.17) is 9.84 Å². The molecule has 0 radical (unpaired) electrons. The first kappa shape index (κ1) is 16.7. The van der Waals surface area contributed by atoms with Crippen LogP contribution in [0.4, 0.5) is 10.5 Å². The van der Waals surface area contributed by atoms with Crippen LogP contribution in [0.15, 0.2) is 61.1 Å². The van der Waals surface area contributed by atoms with Crippen LogP contribution < -0.4 is 5.32 Å². The molecule has 1 aromatic heterocycles. The summed E-state index contributed by atoms with van der Waals surface area (Å²) in [6.07, 6.45) is 1.57. The maximum Gasteiger partial charge on any atom is 0.411 e. The number of anilines is 1. The van der Waals surface area contributed by atoms with Crippen LogP contribution in [0.3, 0.4) is 0 Å². The van der Waals surface area contributed by atoms with Gasteiger partial charge < -0.3 is 9.84 Å². The summed E-state index contributed by atoms with van der Waals surface area (Å²) in [7, 11) is 0. The number of hydrogen-bond acceptors (Lipinski definition) is 5. The van der Waals surface area contributed by atoms with Crippen LogP contribution >= 0.6 is 0 Å². The lowest BCUT2D eigenvalue weighted by atomic mass is 9.98. The van der Waals surface area contributed by atoms with Crippen LogP contribution in [-0.2, 0) is 4.74 Å². The number of fused-ring (bicyclic) bond motifs is 3. The zero-order chi connectivity index (χ0) is 18.8. The van der Waals surface area contributed by atoms with Crippen molar-refractivity contribution in [1.82, 2.24) is 9.97 Å². The smallest absolute Gasteiger partial charge is 0.411 e. The summed E-state index contributed by atoms with van der Waals surface area (Å²) < 4.78 is 5.38. The largest absolute Gasteiger partial charge is 0.476 e. The highest BCUT2D eigenvalue weighted by atomic mass is 16.5. The Hall–Kier alpha value is -3.74. The van der Waals surface area contributed by atoms with Gasteiger partial charge in [-0.1, -0.05) is 48.5 Å². The van der Waals surface area contributed by atoms with Crippen LogP contribution in [-0.4, -0.2) is 33.7 Å². The monoisotopic (exact) mass is 361 g/mol. The van der Waals surface area contributed by atoms with Crippen molar-refractivity contribution in [2.75, 3.05) is 11.9 Å². The Labute approximate surface area is 154 Å². The van der Waals surface area contributed by atoms with E-state index < -0.39 is 12.1 Å². The third kappa shape index (κ3) is 3.10. The summed E-state index contributed by atoms with van der Waals surface area (Å²) in [4.78, 5) is 30.7. The quantitative estimate of drug-likeness (QED) is 0.737. The molecule has 1 aliphatic rings. The number of aromatic nitrogens is 2. The molecule has 0 unspecified atom stereocenters. The average molecular weight is 361 g/mol. The zero-order valence-electron chi connectivity index (χ0n) is 14.1. The number of carboxylic acid groups (broad SMARTS) is 1. The fourth-order valence-corrected chi connectivity index (χ4v) is 3.34. The van der Waals surface area contributed by atoms with Gasteiger partial charge in [0.05, 0.1) is 11.9 Å². The number of carbonyl (C=O) groups excluding carboxylic acids is 1. The van der Waals surface area contributed by atoms with Crippen LogP contribution in [0.25, 0.3) is 11.1 Å². The predicted octanol–water partition coefficient (Wildman–Crippen LogP) is 3.54. The lowest BCUT2D eigenvalue weighted by Crippen LogP contribution is -2.20. The molecule has 2 N–H and O–H groups in total. The molecule has 0 saturated carbocycles. The van der Waals surface area contributed by atoms with Gasteiger partial charge in [-0.3, -0.25) is 5.32 Å². The lowest BCUT2D eigenvalue weighted by Gasteiger charge is -2.14. The van der Waals surface area contributed by atoms with Gasteiger partial charge in [-0.05, 0) is 22.3 Å². The molecular formula is C20H15N3O4. The van der Waals surface area contributed by atoms with Gasteiger partial charge in [0.25, 0.3) is 0 Å². The second-order valence-electron chi connectivity index (χ2n) is 6.04. The first-order valence-corrected chi connectivity index (χ1v) is 8.30. The first-order chi connectivity index (χ1) is 13.1. The summed E-state index contributed by atoms with van der Waals surface area (Å²) in [5, 5.41) is 11.5. The van der Waals surface area contributed by atoms with Gasteiger partial charge in [0, 0.05) is 5.92 Å². The lowest BCUT2D eigenvalue weighted by molar-refractivity contribution is 0.0691. The molecule has 0 bridgehead atoms. The molecule has 1 amide bonds. The van der Waals surface area contributed by atoms with Crippen molar-refractivity contribution in [3.8, 4) is 11.1 Å². The van der Waals surface area contributed by atoms with Crippen molar-refractivity contribution in [2.24, 2.45) is 0 Å². The Morgan fingerprint density at radius 2 is 1.67 bits per heavy atom. The van der Waals surface area contributed by atoms with Crippen LogP contribution in [0.5, 0.6) is 0 Å². The predicted molar refractivity (Wildman–Crippen MR) is 97.7 cm³/mol. The Balaban J connectivity index is 1.51. The number of carbonyl (C=O) groups is 2. The minimum Gasteiger partial charge on any atom is -0.476 e. The van der Waals surface area contributed by atoms with Gasteiger partial charge in [0.2, 0.25) is 0 Å². The minimum atomic E-state index is -1.26. The molecule has 3 aromatic rings.